The predicted octanol–water partition coefficient (Wildman–Crippen LogP) is -1.71. The van der Waals surface area contributed by atoms with Crippen molar-refractivity contribution in [1.29, 1.82) is 0 Å². The Balaban J connectivity index is 2.11. The highest BCUT2D eigenvalue weighted by Gasteiger charge is 2.42. The van der Waals surface area contributed by atoms with Crippen LogP contribution in [0.5, 0.6) is 0 Å². The van der Waals surface area contributed by atoms with Crippen LogP contribution in [0.1, 0.15) is 25.7 Å². The van der Waals surface area contributed by atoms with Crippen LogP contribution in [0, 0.1) is 0 Å². The molecule has 0 radical (unpaired) electrons. The van der Waals surface area contributed by atoms with Crippen molar-refractivity contribution in [3.63, 3.8) is 0 Å². The Kier molecular flexibility index (Phi) is 5.95. The van der Waals surface area contributed by atoms with Crippen molar-refractivity contribution in [3.05, 3.63) is 0 Å². The third-order valence-corrected chi connectivity index (χ3v) is 4.73. The number of rotatable bonds is 5. The van der Waals surface area contributed by atoms with E-state index in [1.165, 1.54) is 0 Å². The van der Waals surface area contributed by atoms with E-state index in [4.69, 9.17) is 0 Å². The molecular weight excluding hydrogens is 300 g/mol. The van der Waals surface area contributed by atoms with Crippen molar-refractivity contribution < 1.29 is 19.5 Å². The summed E-state index contributed by atoms with van der Waals surface area (Å²) in [5, 5.41) is 14.6. The van der Waals surface area contributed by atoms with Crippen molar-refractivity contribution in [2.24, 2.45) is 0 Å². The molecule has 3 N–H and O–H groups in total. The van der Waals surface area contributed by atoms with Gasteiger partial charge in [-0.2, -0.15) is 0 Å². The lowest BCUT2D eigenvalue weighted by Crippen LogP contribution is -2.55. The van der Waals surface area contributed by atoms with Gasteiger partial charge in [-0.3, -0.25) is 14.4 Å². The van der Waals surface area contributed by atoms with Crippen LogP contribution < -0.4 is 10.6 Å². The standard InChI is InChI=1S/C15H26N4O4/c1-16-10(9-20)14(22)19-8-4-6-12(19)15(23)18-7-3-5-11(18)13(21)17-2/h10-12,16,20H,3-9H2,1-2H3,(H,17,21)/t10-,11?,12?/m0/s1. The zero-order valence-electron chi connectivity index (χ0n) is 13.7. The molecule has 8 nitrogen and oxygen atoms in total. The molecule has 130 valence electrons. The molecule has 0 aromatic carbocycles. The Morgan fingerprint density at radius 3 is 2.26 bits per heavy atom. The van der Waals surface area contributed by atoms with Gasteiger partial charge >= 0.3 is 0 Å². The van der Waals surface area contributed by atoms with Gasteiger partial charge in [0.25, 0.3) is 0 Å². The van der Waals surface area contributed by atoms with Gasteiger partial charge in [0.1, 0.15) is 18.1 Å². The Morgan fingerprint density at radius 2 is 1.70 bits per heavy atom. The summed E-state index contributed by atoms with van der Waals surface area (Å²) in [6.45, 7) is 0.744. The van der Waals surface area contributed by atoms with Crippen molar-refractivity contribution in [1.82, 2.24) is 20.4 Å². The van der Waals surface area contributed by atoms with Gasteiger partial charge in [-0.1, -0.05) is 0 Å². The first kappa shape index (κ1) is 17.7. The van der Waals surface area contributed by atoms with Crippen LogP contribution in [0.3, 0.4) is 0 Å². The van der Waals surface area contributed by atoms with E-state index in [-0.39, 0.29) is 24.3 Å². The van der Waals surface area contributed by atoms with E-state index in [1.54, 1.807) is 23.9 Å². The zero-order chi connectivity index (χ0) is 17.0. The molecule has 23 heavy (non-hydrogen) atoms. The smallest absolute Gasteiger partial charge is 0.246 e. The van der Waals surface area contributed by atoms with Crippen LogP contribution >= 0.6 is 0 Å². The predicted molar refractivity (Wildman–Crippen MR) is 83.5 cm³/mol. The zero-order valence-corrected chi connectivity index (χ0v) is 13.7. The van der Waals surface area contributed by atoms with Crippen LogP contribution in [-0.2, 0) is 14.4 Å². The molecule has 2 unspecified atom stereocenters. The molecule has 2 aliphatic rings. The van der Waals surface area contributed by atoms with Gasteiger partial charge in [-0.05, 0) is 32.7 Å². The fourth-order valence-electron chi connectivity index (χ4n) is 3.44. The number of nitrogens with zero attached hydrogens (tertiary/aromatic N) is 2. The van der Waals surface area contributed by atoms with E-state index in [2.05, 4.69) is 10.6 Å². The lowest BCUT2D eigenvalue weighted by molar-refractivity contribution is -0.147. The number of amides is 3. The second-order valence-corrected chi connectivity index (χ2v) is 6.02. The van der Waals surface area contributed by atoms with E-state index < -0.39 is 18.1 Å². The lowest BCUT2D eigenvalue weighted by Gasteiger charge is -2.32. The topological polar surface area (TPSA) is 102 Å². The van der Waals surface area contributed by atoms with Crippen molar-refractivity contribution in [2.45, 2.75) is 43.8 Å². The Bertz CT molecular complexity index is 466. The molecule has 2 heterocycles. The summed E-state index contributed by atoms with van der Waals surface area (Å²) < 4.78 is 0. The highest BCUT2D eigenvalue weighted by Crippen LogP contribution is 2.25. The summed E-state index contributed by atoms with van der Waals surface area (Å²) in [5.41, 5.74) is 0. The van der Waals surface area contributed by atoms with Crippen LogP contribution in [0.2, 0.25) is 0 Å². The number of hydrogen-bond donors (Lipinski definition) is 3. The van der Waals surface area contributed by atoms with E-state index >= 15 is 0 Å². The molecule has 0 bridgehead atoms. The first-order valence-electron chi connectivity index (χ1n) is 8.15. The maximum Gasteiger partial charge on any atom is 0.246 e. The van der Waals surface area contributed by atoms with E-state index in [0.29, 0.717) is 25.9 Å². The minimum Gasteiger partial charge on any atom is -0.394 e. The summed E-state index contributed by atoms with van der Waals surface area (Å²) in [6, 6.07) is -1.67. The first-order chi connectivity index (χ1) is 11.0. The molecule has 2 fully saturated rings. The van der Waals surface area contributed by atoms with Crippen molar-refractivity contribution in [2.75, 3.05) is 33.8 Å². The van der Waals surface area contributed by atoms with E-state index in [9.17, 15) is 19.5 Å². The third kappa shape index (κ3) is 3.48. The summed E-state index contributed by atoms with van der Waals surface area (Å²) in [6.07, 6.45) is 2.80. The van der Waals surface area contributed by atoms with Gasteiger partial charge in [-0.15, -0.1) is 0 Å². The Morgan fingerprint density at radius 1 is 1.09 bits per heavy atom. The molecule has 8 heteroatoms. The van der Waals surface area contributed by atoms with E-state index in [0.717, 1.165) is 12.8 Å². The summed E-state index contributed by atoms with van der Waals surface area (Å²) in [5.74, 6) is -0.577. The quantitative estimate of drug-likeness (QED) is 0.559. The number of nitrogens with one attached hydrogen (secondary N) is 2. The normalized spacial score (nSPS) is 25.5. The molecule has 2 saturated heterocycles. The average Bonchev–Trinajstić information content (AvgIpc) is 3.23. The number of carbonyl (C=O) groups excluding carboxylic acids is 3. The van der Waals surface area contributed by atoms with Crippen LogP contribution in [-0.4, -0.2) is 84.5 Å². The monoisotopic (exact) mass is 326 g/mol. The van der Waals surface area contributed by atoms with Gasteiger partial charge in [0.15, 0.2) is 0 Å². The Hall–Kier alpha value is -1.67. The van der Waals surface area contributed by atoms with Gasteiger partial charge in [-0.25, -0.2) is 0 Å². The molecule has 2 rings (SSSR count). The molecule has 0 saturated carbocycles. The van der Waals surface area contributed by atoms with Crippen molar-refractivity contribution >= 4 is 17.7 Å². The maximum atomic E-state index is 12.9. The molecule has 0 aromatic rings. The van der Waals surface area contributed by atoms with Gasteiger partial charge < -0.3 is 25.5 Å². The number of likely N-dealkylation sites (N-methyl/N-ethyl adjacent to an activating group) is 2. The molecule has 0 aliphatic carbocycles. The highest BCUT2D eigenvalue weighted by atomic mass is 16.3. The SMILES string of the molecule is CNC(=O)C1CCCN1C(=O)C1CCCN1C(=O)[C@H](CO)NC. The number of hydrogen-bond acceptors (Lipinski definition) is 5. The maximum absolute atomic E-state index is 12.9. The van der Waals surface area contributed by atoms with Gasteiger partial charge in [0, 0.05) is 20.1 Å². The summed E-state index contributed by atoms with van der Waals surface area (Å²) in [4.78, 5) is 40.4. The number of aliphatic hydroxyl groups is 1. The lowest BCUT2D eigenvalue weighted by atomic mass is 10.1. The number of likely N-dealkylation sites (tertiary alicyclic amines) is 2. The Labute approximate surface area is 136 Å². The second kappa shape index (κ2) is 7.74. The number of aliphatic hydroxyl groups excluding tert-OH is 1. The van der Waals surface area contributed by atoms with Crippen molar-refractivity contribution in [3.8, 4) is 0 Å². The molecule has 0 spiro atoms. The highest BCUT2D eigenvalue weighted by molar-refractivity contribution is 5.93. The van der Waals surface area contributed by atoms with E-state index in [1.807, 2.05) is 0 Å². The fraction of sp³-hybridized carbons (Fsp3) is 0.800. The van der Waals surface area contributed by atoms with Crippen LogP contribution in [0.25, 0.3) is 0 Å². The first-order valence-corrected chi connectivity index (χ1v) is 8.15. The van der Waals surface area contributed by atoms with Crippen LogP contribution in [0.15, 0.2) is 0 Å². The second-order valence-electron chi connectivity index (χ2n) is 6.02. The summed E-state index contributed by atoms with van der Waals surface area (Å²) >= 11 is 0. The molecule has 3 amide bonds. The van der Waals surface area contributed by atoms with Gasteiger partial charge in [0.2, 0.25) is 17.7 Å². The molecular formula is C15H26N4O4. The minimum atomic E-state index is -0.697. The summed E-state index contributed by atoms with van der Waals surface area (Å²) in [7, 11) is 3.17. The molecule has 3 atom stereocenters. The molecule has 0 aromatic heterocycles. The third-order valence-electron chi connectivity index (χ3n) is 4.73. The number of carbonyl (C=O) groups is 3. The van der Waals surface area contributed by atoms with Gasteiger partial charge in [0.05, 0.1) is 6.61 Å². The van der Waals surface area contributed by atoms with Crippen LogP contribution in [0.4, 0.5) is 0 Å². The fourth-order valence-corrected chi connectivity index (χ4v) is 3.44. The average molecular weight is 326 g/mol. The largest absolute Gasteiger partial charge is 0.394 e. The minimum absolute atomic E-state index is 0.157. The molecule has 2 aliphatic heterocycles.